The zero-order valence-electron chi connectivity index (χ0n) is 9.03. The second kappa shape index (κ2) is 4.14. The average Bonchev–Trinajstić information content (AvgIpc) is 2.99. The number of benzene rings is 1. The fourth-order valence-electron chi connectivity index (χ4n) is 1.85. The van der Waals surface area contributed by atoms with Crippen molar-refractivity contribution in [1.82, 2.24) is 0 Å². The molecule has 1 aromatic carbocycles. The Hall–Kier alpha value is -0.823. The minimum absolute atomic E-state index is 0.576. The topological polar surface area (TPSA) is 0 Å². The smallest absolute Gasteiger partial charge is 0.0558 e. The van der Waals surface area contributed by atoms with Gasteiger partial charge >= 0.3 is 0 Å². The van der Waals surface area contributed by atoms with Crippen molar-refractivity contribution < 1.29 is 0 Å². The van der Waals surface area contributed by atoms with E-state index in [0.29, 0.717) is 0 Å². The third kappa shape index (κ3) is 2.35. The molecule has 0 spiro atoms. The maximum absolute atomic E-state index is 2.56. The summed E-state index contributed by atoms with van der Waals surface area (Å²) in [5.41, 5.74) is 5.65. The van der Waals surface area contributed by atoms with Crippen molar-refractivity contribution in [3.05, 3.63) is 41.6 Å². The molecule has 1 saturated carbocycles. The van der Waals surface area contributed by atoms with Gasteiger partial charge in [-0.3, -0.25) is 0 Å². The van der Waals surface area contributed by atoms with Gasteiger partial charge in [0, 0.05) is 0 Å². The largest absolute Gasteiger partial charge is 0.0942 e. The summed E-state index contributed by atoms with van der Waals surface area (Å²) in [5, 5.41) is 0. The van der Waals surface area contributed by atoms with Gasteiger partial charge in [-0.2, -0.15) is 0 Å². The molecule has 0 unspecified atom stereocenters. The number of rotatable bonds is 3. The predicted molar refractivity (Wildman–Crippen MR) is 66.0 cm³/mol. The van der Waals surface area contributed by atoms with Gasteiger partial charge in [-0.25, -0.2) is 0 Å². The van der Waals surface area contributed by atoms with Crippen LogP contribution in [0.5, 0.6) is 0 Å². The lowest BCUT2D eigenvalue weighted by atomic mass is 10.0. The van der Waals surface area contributed by atoms with E-state index in [-0.39, 0.29) is 0 Å². The highest BCUT2D eigenvalue weighted by molar-refractivity contribution is 6.62. The Balaban J connectivity index is 2.27. The summed E-state index contributed by atoms with van der Waals surface area (Å²) in [6.07, 6.45) is 2.81. The molecule has 1 aromatic rings. The van der Waals surface area contributed by atoms with Crippen molar-refractivity contribution in [2.24, 2.45) is 5.92 Å². The normalized spacial score (nSPS) is 17.5. The first-order chi connectivity index (χ1) is 6.77. The zero-order chi connectivity index (χ0) is 9.97. The van der Waals surface area contributed by atoms with Crippen LogP contribution in [0.3, 0.4) is 0 Å². The van der Waals surface area contributed by atoms with Gasteiger partial charge in [-0.15, -0.1) is 0 Å². The predicted octanol–water partition coefficient (Wildman–Crippen LogP) is 3.51. The lowest BCUT2D eigenvalue weighted by molar-refractivity contribution is 1.15. The third-order valence-electron chi connectivity index (χ3n) is 2.64. The van der Waals surface area contributed by atoms with Crippen molar-refractivity contribution in [3.8, 4) is 0 Å². The van der Waals surface area contributed by atoms with E-state index in [4.69, 9.17) is 0 Å². The maximum Gasteiger partial charge on any atom is 0.0558 e. The van der Waals surface area contributed by atoms with Crippen LogP contribution in [0.4, 0.5) is 0 Å². The summed E-state index contributed by atoms with van der Waals surface area (Å²) < 4.78 is 0. The average molecular weight is 202 g/mol. The van der Waals surface area contributed by atoms with Gasteiger partial charge < -0.3 is 0 Å². The second-order valence-corrected chi connectivity index (χ2v) is 7.33. The first kappa shape index (κ1) is 9.72. The van der Waals surface area contributed by atoms with Crippen molar-refractivity contribution in [3.63, 3.8) is 0 Å². The Bertz CT molecular complexity index is 320. The molecule has 14 heavy (non-hydrogen) atoms. The van der Waals surface area contributed by atoms with Crippen LogP contribution in [-0.4, -0.2) is 8.80 Å². The summed E-state index contributed by atoms with van der Waals surface area (Å²) >= 11 is 0. The molecule has 1 aliphatic rings. The molecule has 0 aromatic heterocycles. The molecule has 0 atom stereocenters. The molecule has 0 heterocycles. The van der Waals surface area contributed by atoms with E-state index in [0.717, 1.165) is 5.92 Å². The zero-order valence-corrected chi connectivity index (χ0v) is 10.2. The molecular formula is C13H18Si. The van der Waals surface area contributed by atoms with Gasteiger partial charge in [0.05, 0.1) is 8.80 Å². The van der Waals surface area contributed by atoms with Crippen LogP contribution in [0.15, 0.2) is 36.0 Å². The van der Waals surface area contributed by atoms with Gasteiger partial charge in [0.25, 0.3) is 0 Å². The van der Waals surface area contributed by atoms with Crippen LogP contribution in [-0.2, 0) is 0 Å². The SMILES string of the molecule is C[SiH](C)C=C(c1ccccc1)C1CC1. The van der Waals surface area contributed by atoms with E-state index in [2.05, 4.69) is 49.1 Å². The van der Waals surface area contributed by atoms with Crippen molar-refractivity contribution in [1.29, 1.82) is 0 Å². The van der Waals surface area contributed by atoms with Gasteiger partial charge in [0.15, 0.2) is 0 Å². The molecule has 0 aliphatic heterocycles. The fourth-order valence-corrected chi connectivity index (χ4v) is 3.03. The lowest BCUT2D eigenvalue weighted by Gasteiger charge is -2.07. The van der Waals surface area contributed by atoms with E-state index in [9.17, 15) is 0 Å². The van der Waals surface area contributed by atoms with E-state index in [1.165, 1.54) is 18.4 Å². The molecule has 0 amide bonds. The molecule has 0 bridgehead atoms. The number of hydrogen-bond acceptors (Lipinski definition) is 0. The highest BCUT2D eigenvalue weighted by Gasteiger charge is 2.26. The molecular weight excluding hydrogens is 184 g/mol. The highest BCUT2D eigenvalue weighted by Crippen LogP contribution is 2.41. The van der Waals surface area contributed by atoms with Gasteiger partial charge in [0.1, 0.15) is 0 Å². The van der Waals surface area contributed by atoms with Crippen LogP contribution in [0.2, 0.25) is 13.1 Å². The highest BCUT2D eigenvalue weighted by atomic mass is 28.3. The van der Waals surface area contributed by atoms with Crippen LogP contribution in [0, 0.1) is 5.92 Å². The van der Waals surface area contributed by atoms with E-state index in [1.54, 1.807) is 5.57 Å². The third-order valence-corrected chi connectivity index (χ3v) is 3.66. The van der Waals surface area contributed by atoms with Gasteiger partial charge in [0.2, 0.25) is 0 Å². The summed E-state index contributed by atoms with van der Waals surface area (Å²) in [7, 11) is -0.576. The standard InChI is InChI=1S/C13H18Si/c1-14(2)10-13(12-8-9-12)11-6-4-3-5-7-11/h3-7,10,12,14H,8-9H2,1-2H3. The Labute approximate surface area is 88.3 Å². The number of allylic oxidation sites excluding steroid dienone is 1. The van der Waals surface area contributed by atoms with Crippen molar-refractivity contribution >= 4 is 14.4 Å². The van der Waals surface area contributed by atoms with E-state index in [1.807, 2.05) is 0 Å². The fraction of sp³-hybridized carbons (Fsp3) is 0.385. The molecule has 0 radical (unpaired) electrons. The Morgan fingerprint density at radius 1 is 1.21 bits per heavy atom. The molecule has 0 saturated heterocycles. The van der Waals surface area contributed by atoms with Crippen LogP contribution in [0.25, 0.3) is 5.57 Å². The quantitative estimate of drug-likeness (QED) is 0.658. The van der Waals surface area contributed by atoms with Gasteiger partial charge in [-0.1, -0.05) is 49.1 Å². The summed E-state index contributed by atoms with van der Waals surface area (Å²) in [5.74, 6) is 0.882. The molecule has 1 fully saturated rings. The van der Waals surface area contributed by atoms with E-state index >= 15 is 0 Å². The molecule has 0 nitrogen and oxygen atoms in total. The molecule has 1 heteroatoms. The monoisotopic (exact) mass is 202 g/mol. The summed E-state index contributed by atoms with van der Waals surface area (Å²) in [4.78, 5) is 0. The molecule has 2 rings (SSSR count). The maximum atomic E-state index is 2.56. The molecule has 1 aliphatic carbocycles. The minimum atomic E-state index is -0.576. The van der Waals surface area contributed by atoms with Crippen LogP contribution in [0.1, 0.15) is 18.4 Å². The van der Waals surface area contributed by atoms with Crippen LogP contribution >= 0.6 is 0 Å². The second-order valence-electron chi connectivity index (χ2n) is 4.51. The lowest BCUT2D eigenvalue weighted by Crippen LogP contribution is -1.98. The minimum Gasteiger partial charge on any atom is -0.0942 e. The Morgan fingerprint density at radius 2 is 1.86 bits per heavy atom. The van der Waals surface area contributed by atoms with Crippen molar-refractivity contribution in [2.75, 3.05) is 0 Å². The Morgan fingerprint density at radius 3 is 2.36 bits per heavy atom. The van der Waals surface area contributed by atoms with Gasteiger partial charge in [-0.05, 0) is 29.9 Å². The number of hydrogen-bond donors (Lipinski definition) is 0. The van der Waals surface area contributed by atoms with Crippen molar-refractivity contribution in [2.45, 2.75) is 25.9 Å². The first-order valence-electron chi connectivity index (χ1n) is 5.54. The summed E-state index contributed by atoms with van der Waals surface area (Å²) in [6.45, 7) is 4.79. The van der Waals surface area contributed by atoms with E-state index < -0.39 is 8.80 Å². The van der Waals surface area contributed by atoms with Crippen LogP contribution < -0.4 is 0 Å². The molecule has 74 valence electrons. The summed E-state index contributed by atoms with van der Waals surface area (Å²) in [6, 6.07) is 10.9. The molecule has 0 N–H and O–H groups in total. The Kier molecular flexibility index (Phi) is 2.87. The first-order valence-corrected chi connectivity index (χ1v) is 8.52.